The third-order valence-corrected chi connectivity index (χ3v) is 12.2. The number of fused-ring (bicyclic) bond motifs is 1. The smallest absolute Gasteiger partial charge is 0.386 e. The van der Waals surface area contributed by atoms with E-state index < -0.39 is 84.6 Å². The number of unbranched alkanes of at least 4 members (excludes halogenated alkanes) is 1. The Labute approximate surface area is 337 Å². The number of rotatable bonds is 24. The first kappa shape index (κ1) is 49.7. The molecule has 2 aromatic heterocycles. The number of phosphoric acid groups is 3. The van der Waals surface area contributed by atoms with Gasteiger partial charge in [0.25, 0.3) is 0 Å². The van der Waals surface area contributed by atoms with E-state index in [2.05, 4.69) is 41.3 Å². The first-order valence-corrected chi connectivity index (χ1v) is 23.2. The highest BCUT2D eigenvalue weighted by Gasteiger charge is 2.50. The van der Waals surface area contributed by atoms with Gasteiger partial charge in [0.1, 0.15) is 36.3 Å². The molecule has 24 nitrogen and oxygen atoms in total. The predicted molar refractivity (Wildman–Crippen MR) is 205 cm³/mol. The predicted octanol–water partition coefficient (Wildman–Crippen LogP) is 1.05. The Hall–Kier alpha value is -2.70. The molecule has 28 heteroatoms. The van der Waals surface area contributed by atoms with Crippen LogP contribution in [0.25, 0.3) is 11.2 Å². The third-order valence-electron chi connectivity index (χ3n) is 8.32. The molecule has 3 rings (SSSR count). The van der Waals surface area contributed by atoms with E-state index in [1.54, 1.807) is 0 Å². The Bertz CT molecular complexity index is 1900. The minimum atomic E-state index is -5.57. The van der Waals surface area contributed by atoms with Gasteiger partial charge in [0.2, 0.25) is 16.9 Å². The molecule has 0 spiro atoms. The largest absolute Gasteiger partial charge is 0.481 e. The Morgan fingerprint density at radius 2 is 1.78 bits per heavy atom. The lowest BCUT2D eigenvalue weighted by molar-refractivity contribution is -0.137. The molecule has 1 aliphatic heterocycles. The summed E-state index contributed by atoms with van der Waals surface area (Å²) in [5, 5.41) is 26.3. The lowest BCUT2D eigenvalue weighted by Crippen LogP contribution is -2.46. The van der Waals surface area contributed by atoms with Crippen LogP contribution in [0.15, 0.2) is 24.8 Å². The topological polar surface area (TPSA) is 364 Å². The zero-order valence-electron chi connectivity index (χ0n) is 31.9. The zero-order chi connectivity index (χ0) is 43.5. The number of imidazole rings is 1. The maximum atomic E-state index is 12.7. The van der Waals surface area contributed by atoms with Gasteiger partial charge in [0.15, 0.2) is 17.7 Å². The lowest BCUT2D eigenvalue weighted by atomic mass is 9.87. The van der Waals surface area contributed by atoms with Crippen LogP contribution < -0.4 is 16.4 Å². The molecule has 0 aromatic carbocycles. The van der Waals surface area contributed by atoms with Crippen LogP contribution in [-0.4, -0.2) is 123 Å². The van der Waals surface area contributed by atoms with Crippen molar-refractivity contribution in [2.45, 2.75) is 84.0 Å². The highest BCUT2D eigenvalue weighted by molar-refractivity contribution is 8.14. The van der Waals surface area contributed by atoms with Crippen molar-refractivity contribution in [3.8, 4) is 0 Å². The van der Waals surface area contributed by atoms with Gasteiger partial charge in [-0.3, -0.25) is 32.5 Å². The second-order valence-corrected chi connectivity index (χ2v) is 19.1. The fourth-order valence-electron chi connectivity index (χ4n) is 5.20. The lowest BCUT2D eigenvalue weighted by Gasteiger charge is -2.30. The quantitative estimate of drug-likeness (QED) is 0.0404. The second kappa shape index (κ2) is 21.7. The summed E-state index contributed by atoms with van der Waals surface area (Å²) in [6.07, 6.45) is -0.390. The Morgan fingerprint density at radius 3 is 2.45 bits per heavy atom. The number of nitrogens with zero attached hydrogens (tertiary/aromatic N) is 4. The van der Waals surface area contributed by atoms with Crippen LogP contribution in [0.4, 0.5) is 5.82 Å². The number of nitrogens with one attached hydrogen (secondary N) is 2. The molecule has 0 aliphatic carbocycles. The van der Waals surface area contributed by atoms with Crippen LogP contribution in [0.1, 0.15) is 59.6 Å². The van der Waals surface area contributed by atoms with E-state index >= 15 is 0 Å². The molecule has 8 atom stereocenters. The number of amides is 2. The van der Waals surface area contributed by atoms with Gasteiger partial charge >= 0.3 is 23.5 Å². The third kappa shape index (κ3) is 15.7. The average molecular weight is 906 g/mol. The first-order chi connectivity index (χ1) is 26.9. The molecule has 2 amide bonds. The monoisotopic (exact) mass is 905 g/mol. The molecular formula is C30H50N7O17P3S. The first-order valence-electron chi connectivity index (χ1n) is 17.7. The van der Waals surface area contributed by atoms with Crippen LogP contribution in [0.5, 0.6) is 0 Å². The Kier molecular flexibility index (Phi) is 18.6. The summed E-state index contributed by atoms with van der Waals surface area (Å²) in [6, 6.07) is 0. The number of aliphatic hydroxyl groups is 2. The summed E-state index contributed by atoms with van der Waals surface area (Å²) in [5.41, 5.74) is 4.26. The minimum absolute atomic E-state index is 0.0308. The van der Waals surface area contributed by atoms with Crippen LogP contribution in [0, 0.1) is 11.3 Å². The maximum Gasteiger partial charge on any atom is 0.481 e. The van der Waals surface area contributed by atoms with Gasteiger partial charge in [0.05, 0.1) is 19.5 Å². The fourth-order valence-corrected chi connectivity index (χ4v) is 8.60. The number of anilines is 1. The number of carbonyl (C=O) groups excluding carboxylic acids is 3. The van der Waals surface area contributed by atoms with Crippen LogP contribution >= 0.6 is 35.2 Å². The normalized spacial score (nSPS) is 22.0. The van der Waals surface area contributed by atoms with Crippen molar-refractivity contribution in [2.75, 3.05) is 37.8 Å². The van der Waals surface area contributed by atoms with Crippen molar-refractivity contribution in [2.24, 2.45) is 11.3 Å². The number of hydrogen-bond donors (Lipinski definition) is 9. The van der Waals surface area contributed by atoms with Crippen molar-refractivity contribution in [1.82, 2.24) is 30.2 Å². The number of nitrogens with two attached hydrogens (primary N) is 1. The SMILES string of the molecule is CCCCC(C)/C=C/C(=O)SCCNC(=O)CCNC(=O)[C@H](O)C(C)(C)COP(=O)(O)OP(=O)(O)OC[C@H]1O[C@@H](n2cnc3c(N)ncnc32)[C@H](O)[C@@H]1OP(=O)(O)O. The molecule has 10 N–H and O–H groups in total. The number of aliphatic hydroxyl groups excluding tert-OH is 2. The van der Waals surface area contributed by atoms with Gasteiger partial charge in [0, 0.05) is 30.7 Å². The Balaban J connectivity index is 1.46. The van der Waals surface area contributed by atoms with E-state index in [0.717, 1.165) is 48.2 Å². The molecule has 1 saturated heterocycles. The summed E-state index contributed by atoms with van der Waals surface area (Å²) >= 11 is 1.05. The van der Waals surface area contributed by atoms with Gasteiger partial charge in [-0.25, -0.2) is 28.6 Å². The molecule has 0 radical (unpaired) electrons. The van der Waals surface area contributed by atoms with Crippen LogP contribution in [-0.2, 0) is 50.7 Å². The molecule has 0 bridgehead atoms. The van der Waals surface area contributed by atoms with E-state index in [1.165, 1.54) is 19.9 Å². The molecule has 3 unspecified atom stereocenters. The van der Waals surface area contributed by atoms with Gasteiger partial charge in [-0.05, 0) is 18.4 Å². The number of ether oxygens (including phenoxy) is 1. The standard InChI is InChI=1S/C30H50N7O17P3S/c1-5-6-7-18(2)8-9-21(39)58-13-12-32-20(38)10-11-33-28(42)25(41)30(3,4)15-51-57(48,49)54-56(46,47)50-14-19-24(53-55(43,44)45)23(40)29(52-19)37-17-36-22-26(31)34-16-35-27(22)37/h8-9,16-19,23-25,29,40-41H,5-7,10-15H2,1-4H3,(H,32,38)(H,33,42)(H,46,47)(H,48,49)(H2,31,34,35)(H2,43,44,45)/b9-8+/t18?,19-,23-,24-,25+,29-/m1/s1. The van der Waals surface area contributed by atoms with E-state index in [9.17, 15) is 57.9 Å². The Morgan fingerprint density at radius 1 is 1.09 bits per heavy atom. The molecule has 58 heavy (non-hydrogen) atoms. The number of thioether (sulfide) groups is 1. The van der Waals surface area contributed by atoms with Crippen molar-refractivity contribution in [1.29, 1.82) is 0 Å². The average Bonchev–Trinajstić information content (AvgIpc) is 3.69. The van der Waals surface area contributed by atoms with E-state index in [1.807, 2.05) is 13.0 Å². The number of aromatic nitrogens is 4. The highest BCUT2D eigenvalue weighted by Crippen LogP contribution is 2.61. The van der Waals surface area contributed by atoms with Gasteiger partial charge in [-0.15, -0.1) is 0 Å². The highest BCUT2D eigenvalue weighted by atomic mass is 32.2. The summed E-state index contributed by atoms with van der Waals surface area (Å²) < 4.78 is 62.2. The molecule has 2 aromatic rings. The zero-order valence-corrected chi connectivity index (χ0v) is 35.4. The number of phosphoric ester groups is 3. The van der Waals surface area contributed by atoms with Crippen molar-refractivity contribution in [3.63, 3.8) is 0 Å². The van der Waals surface area contributed by atoms with Gasteiger partial charge < -0.3 is 50.9 Å². The van der Waals surface area contributed by atoms with E-state index in [4.69, 9.17) is 19.5 Å². The molecule has 1 aliphatic rings. The van der Waals surface area contributed by atoms with Crippen molar-refractivity contribution < 1.29 is 80.5 Å². The number of nitrogen functional groups attached to an aromatic ring is 1. The summed E-state index contributed by atoms with van der Waals surface area (Å²) in [4.78, 5) is 87.7. The maximum absolute atomic E-state index is 12.7. The molecular weight excluding hydrogens is 855 g/mol. The van der Waals surface area contributed by atoms with Gasteiger partial charge in [-0.2, -0.15) is 4.31 Å². The molecule has 328 valence electrons. The van der Waals surface area contributed by atoms with Crippen molar-refractivity contribution in [3.05, 3.63) is 24.8 Å². The van der Waals surface area contributed by atoms with E-state index in [-0.39, 0.29) is 41.6 Å². The summed E-state index contributed by atoms with van der Waals surface area (Å²) in [6.45, 7) is 4.62. The van der Waals surface area contributed by atoms with Crippen LogP contribution in [0.3, 0.4) is 0 Å². The molecule has 0 saturated carbocycles. The second-order valence-electron chi connectivity index (χ2n) is 13.7. The summed E-state index contributed by atoms with van der Waals surface area (Å²) in [5.74, 6) is -0.828. The summed E-state index contributed by atoms with van der Waals surface area (Å²) in [7, 11) is -16.4. The van der Waals surface area contributed by atoms with E-state index in [0.29, 0.717) is 11.7 Å². The molecule has 3 heterocycles. The van der Waals surface area contributed by atoms with Crippen LogP contribution in [0.2, 0.25) is 0 Å². The van der Waals surface area contributed by atoms with Gasteiger partial charge in [-0.1, -0.05) is 58.4 Å². The number of carbonyl (C=O) groups is 3. The van der Waals surface area contributed by atoms with Crippen molar-refractivity contribution >= 4 is 69.1 Å². The fraction of sp³-hybridized carbons (Fsp3) is 0.667. The number of allylic oxidation sites excluding steroid dienone is 1. The molecule has 1 fully saturated rings. The minimum Gasteiger partial charge on any atom is -0.386 e. The number of hydrogen-bond acceptors (Lipinski definition) is 18.